The average molecular weight is 263 g/mol. The molecule has 0 aromatic carbocycles. The van der Waals surface area contributed by atoms with E-state index in [9.17, 15) is 9.90 Å². The van der Waals surface area contributed by atoms with Crippen LogP contribution >= 0.6 is 0 Å². The number of ether oxygens (including phenoxy) is 4. The van der Waals surface area contributed by atoms with Crippen LogP contribution in [-0.2, 0) is 23.7 Å². The zero-order valence-electron chi connectivity index (χ0n) is 11.1. The highest BCUT2D eigenvalue weighted by atomic mass is 16.6. The number of carbonyl (C=O) groups is 1. The Morgan fingerprint density at radius 1 is 1.28 bits per heavy atom. The molecule has 2 N–H and O–H groups in total. The van der Waals surface area contributed by atoms with Crippen LogP contribution in [-0.4, -0.2) is 69.6 Å². The highest BCUT2D eigenvalue weighted by Crippen LogP contribution is 2.24. The van der Waals surface area contributed by atoms with Crippen molar-refractivity contribution in [2.45, 2.75) is 37.6 Å². The van der Waals surface area contributed by atoms with Crippen molar-refractivity contribution < 1.29 is 28.8 Å². The third-order valence-electron chi connectivity index (χ3n) is 2.91. The minimum atomic E-state index is -1.16. The van der Waals surface area contributed by atoms with Gasteiger partial charge in [-0.25, -0.2) is 0 Å². The van der Waals surface area contributed by atoms with Crippen molar-refractivity contribution in [3.05, 3.63) is 0 Å². The predicted octanol–water partition coefficient (Wildman–Crippen LogP) is -1.12. The molecule has 1 saturated heterocycles. The van der Waals surface area contributed by atoms with Crippen LogP contribution < -0.4 is 5.32 Å². The summed E-state index contributed by atoms with van der Waals surface area (Å²) in [4.78, 5) is 11.1. The van der Waals surface area contributed by atoms with Crippen LogP contribution in [0.1, 0.15) is 6.92 Å². The fourth-order valence-corrected chi connectivity index (χ4v) is 2.17. The maximum atomic E-state index is 11.1. The molecule has 0 bridgehead atoms. The quantitative estimate of drug-likeness (QED) is 0.654. The van der Waals surface area contributed by atoms with E-state index in [1.165, 1.54) is 28.3 Å². The van der Waals surface area contributed by atoms with E-state index in [4.69, 9.17) is 18.9 Å². The number of carbonyl (C=O) groups excluding carboxylic acids is 1. The Hall–Kier alpha value is -0.730. The maximum Gasteiger partial charge on any atom is 0.217 e. The molecule has 0 saturated carbocycles. The predicted molar refractivity (Wildman–Crippen MR) is 62.0 cm³/mol. The summed E-state index contributed by atoms with van der Waals surface area (Å²) >= 11 is 0. The van der Waals surface area contributed by atoms with Gasteiger partial charge in [-0.2, -0.15) is 0 Å². The first kappa shape index (κ1) is 15.3. The first-order chi connectivity index (χ1) is 8.54. The van der Waals surface area contributed by atoms with E-state index in [1.807, 2.05) is 0 Å². The summed E-state index contributed by atoms with van der Waals surface area (Å²) in [6.45, 7) is 1.63. The minimum Gasteiger partial charge on any atom is -0.382 e. The van der Waals surface area contributed by atoms with Gasteiger partial charge in [-0.1, -0.05) is 0 Å². The molecule has 0 aromatic rings. The van der Waals surface area contributed by atoms with E-state index in [1.54, 1.807) is 0 Å². The zero-order chi connectivity index (χ0) is 13.7. The molecule has 0 aliphatic carbocycles. The summed E-state index contributed by atoms with van der Waals surface area (Å²) < 4.78 is 21.0. The third-order valence-corrected chi connectivity index (χ3v) is 2.91. The molecule has 106 valence electrons. The lowest BCUT2D eigenvalue weighted by Crippen LogP contribution is -2.65. The van der Waals surface area contributed by atoms with Crippen molar-refractivity contribution in [3.63, 3.8) is 0 Å². The summed E-state index contributed by atoms with van der Waals surface area (Å²) in [5, 5.41) is 12.5. The Bertz CT molecular complexity index is 274. The number of rotatable bonds is 5. The lowest BCUT2D eigenvalue weighted by molar-refractivity contribution is -0.264. The molecule has 0 spiro atoms. The van der Waals surface area contributed by atoms with Crippen LogP contribution in [0.3, 0.4) is 0 Å². The lowest BCUT2D eigenvalue weighted by atomic mass is 9.96. The molecule has 5 atom stereocenters. The van der Waals surface area contributed by atoms with Crippen molar-refractivity contribution in [1.29, 1.82) is 0 Å². The molecular formula is C11H21NO6. The molecule has 18 heavy (non-hydrogen) atoms. The van der Waals surface area contributed by atoms with Gasteiger partial charge in [0.1, 0.15) is 24.4 Å². The van der Waals surface area contributed by atoms with Crippen LogP contribution in [0.5, 0.6) is 0 Å². The molecular weight excluding hydrogens is 242 g/mol. The highest BCUT2D eigenvalue weighted by molar-refractivity contribution is 5.73. The molecule has 1 heterocycles. The number of hydrogen-bond donors (Lipinski definition) is 2. The van der Waals surface area contributed by atoms with Gasteiger partial charge in [0.05, 0.1) is 6.61 Å². The number of hydrogen-bond acceptors (Lipinski definition) is 6. The summed E-state index contributed by atoms with van der Waals surface area (Å²) in [5.41, 5.74) is 0. The fourth-order valence-electron chi connectivity index (χ4n) is 2.17. The standard InChI is InChI=1S/C11H21NO6/c1-6(13)12-8-10(17-4)9(16-3)7(5-15-2)18-11(8)14/h7-11,14H,5H2,1-4H3,(H,12,13)/t7-,8+,9+,10+,11-/m0/s1. The van der Waals surface area contributed by atoms with E-state index in [0.29, 0.717) is 0 Å². The van der Waals surface area contributed by atoms with E-state index in [0.717, 1.165) is 0 Å². The van der Waals surface area contributed by atoms with Crippen LogP contribution in [0.2, 0.25) is 0 Å². The third kappa shape index (κ3) is 3.39. The minimum absolute atomic E-state index is 0.266. The van der Waals surface area contributed by atoms with Crippen molar-refractivity contribution in [1.82, 2.24) is 5.32 Å². The van der Waals surface area contributed by atoms with Gasteiger partial charge in [-0.15, -0.1) is 0 Å². The normalized spacial score (nSPS) is 36.4. The zero-order valence-corrected chi connectivity index (χ0v) is 11.1. The topological polar surface area (TPSA) is 86.2 Å². The van der Waals surface area contributed by atoms with Crippen LogP contribution in [0.25, 0.3) is 0 Å². The average Bonchev–Trinajstić information content (AvgIpc) is 2.31. The molecule has 7 heteroatoms. The van der Waals surface area contributed by atoms with Gasteiger partial charge >= 0.3 is 0 Å². The lowest BCUT2D eigenvalue weighted by Gasteiger charge is -2.43. The Morgan fingerprint density at radius 3 is 2.33 bits per heavy atom. The van der Waals surface area contributed by atoms with Crippen molar-refractivity contribution in [2.75, 3.05) is 27.9 Å². The molecule has 1 fully saturated rings. The number of methoxy groups -OCH3 is 3. The molecule has 0 radical (unpaired) electrons. The first-order valence-corrected chi connectivity index (χ1v) is 5.70. The van der Waals surface area contributed by atoms with Gasteiger partial charge in [0.15, 0.2) is 6.29 Å². The van der Waals surface area contributed by atoms with E-state index in [-0.39, 0.29) is 12.5 Å². The van der Waals surface area contributed by atoms with Crippen molar-refractivity contribution >= 4 is 5.91 Å². The number of amides is 1. The van der Waals surface area contributed by atoms with Gasteiger partial charge in [0.25, 0.3) is 0 Å². The van der Waals surface area contributed by atoms with Gasteiger partial charge in [-0.3, -0.25) is 4.79 Å². The summed E-state index contributed by atoms with van der Waals surface area (Å²) in [6.07, 6.45) is -2.56. The Labute approximate surface area is 106 Å². The smallest absolute Gasteiger partial charge is 0.217 e. The maximum absolute atomic E-state index is 11.1. The highest BCUT2D eigenvalue weighted by Gasteiger charge is 2.46. The molecule has 1 amide bonds. The van der Waals surface area contributed by atoms with Gasteiger partial charge in [0.2, 0.25) is 5.91 Å². The van der Waals surface area contributed by atoms with Crippen LogP contribution in [0, 0.1) is 0 Å². The SMILES string of the molecule is COC[C@@H]1O[C@H](O)[C@H](NC(C)=O)[C@@H](OC)[C@@H]1OC. The van der Waals surface area contributed by atoms with Crippen molar-refractivity contribution in [3.8, 4) is 0 Å². The molecule has 7 nitrogen and oxygen atoms in total. The van der Waals surface area contributed by atoms with Crippen LogP contribution in [0.4, 0.5) is 0 Å². The van der Waals surface area contributed by atoms with E-state index < -0.39 is 30.6 Å². The molecule has 1 rings (SSSR count). The Morgan fingerprint density at radius 2 is 1.89 bits per heavy atom. The fraction of sp³-hybridized carbons (Fsp3) is 0.909. The van der Waals surface area contributed by atoms with Crippen molar-refractivity contribution in [2.24, 2.45) is 0 Å². The number of nitrogens with one attached hydrogen (secondary N) is 1. The summed E-state index contributed by atoms with van der Waals surface area (Å²) in [5.74, 6) is -0.273. The molecule has 1 aliphatic rings. The second-order valence-corrected chi connectivity index (χ2v) is 4.15. The molecule has 0 unspecified atom stereocenters. The molecule has 0 aromatic heterocycles. The largest absolute Gasteiger partial charge is 0.382 e. The van der Waals surface area contributed by atoms with Gasteiger partial charge in [0, 0.05) is 28.3 Å². The monoisotopic (exact) mass is 263 g/mol. The summed E-state index contributed by atoms with van der Waals surface area (Å²) in [7, 11) is 4.54. The van der Waals surface area contributed by atoms with Crippen LogP contribution in [0.15, 0.2) is 0 Å². The number of aliphatic hydroxyl groups is 1. The Kier molecular flexibility index (Phi) is 5.97. The Balaban J connectivity index is 2.85. The summed E-state index contributed by atoms with van der Waals surface area (Å²) in [6, 6.07) is -0.675. The first-order valence-electron chi connectivity index (χ1n) is 5.70. The van der Waals surface area contributed by atoms with Gasteiger partial charge in [-0.05, 0) is 0 Å². The van der Waals surface area contributed by atoms with Gasteiger partial charge < -0.3 is 29.4 Å². The van der Waals surface area contributed by atoms with E-state index in [2.05, 4.69) is 5.32 Å². The second-order valence-electron chi connectivity index (χ2n) is 4.15. The molecule has 1 aliphatic heterocycles. The second kappa shape index (κ2) is 7.01. The number of aliphatic hydroxyl groups excluding tert-OH is 1. The van der Waals surface area contributed by atoms with E-state index >= 15 is 0 Å².